The van der Waals surface area contributed by atoms with Crippen molar-refractivity contribution in [3.05, 3.63) is 125 Å². The van der Waals surface area contributed by atoms with Gasteiger partial charge in [-0.1, -0.05) is 38.2 Å². The normalized spacial score (nSPS) is 10.5. The molecule has 3 rings (SSSR count). The van der Waals surface area contributed by atoms with Crippen molar-refractivity contribution in [1.82, 2.24) is 0 Å². The van der Waals surface area contributed by atoms with Gasteiger partial charge in [0.25, 0.3) is 0 Å². The van der Waals surface area contributed by atoms with E-state index in [-0.39, 0.29) is 45.1 Å². The Balaban J connectivity index is 2.30. The summed E-state index contributed by atoms with van der Waals surface area (Å²) in [5.74, 6) is -2.67. The third-order valence-electron chi connectivity index (χ3n) is 6.56. The number of hydrogen-bond donors (Lipinski definition) is 0. The van der Waals surface area contributed by atoms with Gasteiger partial charge >= 0.3 is 36.0 Å². The summed E-state index contributed by atoms with van der Waals surface area (Å²) in [6, 6.07) is 10.2. The fourth-order valence-electron chi connectivity index (χ4n) is 3.91. The van der Waals surface area contributed by atoms with Crippen LogP contribution in [0.15, 0.2) is 97.1 Å². The predicted octanol–water partition coefficient (Wildman–Crippen LogP) is 7.56. The Morgan fingerprint density at radius 3 is 1.33 bits per heavy atom. The van der Waals surface area contributed by atoms with Gasteiger partial charge in [-0.3, -0.25) is 0 Å². The Morgan fingerprint density at radius 1 is 0.558 bits per heavy atom. The van der Waals surface area contributed by atoms with Gasteiger partial charge < -0.3 is 23.7 Å². The van der Waals surface area contributed by atoms with Gasteiger partial charge in [-0.25, -0.2) is 24.0 Å². The highest BCUT2D eigenvalue weighted by atomic mass is 19.4. The molecule has 0 aliphatic heterocycles. The lowest BCUT2D eigenvalue weighted by Crippen LogP contribution is -2.23. The summed E-state index contributed by atoms with van der Waals surface area (Å²) in [5, 5.41) is 0. The van der Waals surface area contributed by atoms with E-state index in [1.54, 1.807) is 0 Å². The lowest BCUT2D eigenvalue weighted by atomic mass is 9.94. The largest absolute Gasteiger partial charge is 0.423 e. The number of esters is 5. The maximum atomic E-state index is 15.1. The number of benzene rings is 3. The van der Waals surface area contributed by atoms with Crippen molar-refractivity contribution in [2.75, 3.05) is 0 Å². The molecule has 0 atom stereocenters. The maximum Gasteiger partial charge on any atom is 0.421 e. The number of halogens is 3. The first-order chi connectivity index (χ1) is 24.2. The average molecular weight is 717 g/mol. The Labute approximate surface area is 296 Å². The zero-order valence-corrected chi connectivity index (χ0v) is 28.7. The zero-order valence-electron chi connectivity index (χ0n) is 28.7. The first kappa shape index (κ1) is 39.8. The van der Waals surface area contributed by atoms with Gasteiger partial charge in [0, 0.05) is 33.4 Å². The molecule has 0 saturated heterocycles. The Hall–Kier alpha value is -6.68. The molecule has 268 valence electrons. The summed E-state index contributed by atoms with van der Waals surface area (Å²) in [6.07, 6.45) is -5.39. The molecule has 0 fully saturated rings. The van der Waals surface area contributed by atoms with Crippen LogP contribution in [0, 0.1) is 18.8 Å². The van der Waals surface area contributed by atoms with Crippen molar-refractivity contribution in [1.29, 1.82) is 0 Å². The van der Waals surface area contributed by atoms with Crippen molar-refractivity contribution in [2.45, 2.75) is 40.8 Å². The van der Waals surface area contributed by atoms with E-state index in [1.807, 2.05) is 0 Å². The summed E-state index contributed by atoms with van der Waals surface area (Å²) in [6.45, 7) is 20.2. The highest BCUT2D eigenvalue weighted by molar-refractivity contribution is 6.01. The number of alkyl halides is 3. The van der Waals surface area contributed by atoms with Crippen LogP contribution >= 0.6 is 0 Å². The summed E-state index contributed by atoms with van der Waals surface area (Å²) in [7, 11) is 0. The molecule has 0 amide bonds. The van der Waals surface area contributed by atoms with Gasteiger partial charge in [0.15, 0.2) is 11.5 Å². The Morgan fingerprint density at radius 2 is 0.923 bits per heavy atom. The molecule has 0 aromatic heterocycles. The van der Waals surface area contributed by atoms with Gasteiger partial charge in [0.2, 0.25) is 0 Å². The first-order valence-electron chi connectivity index (χ1n) is 14.9. The van der Waals surface area contributed by atoms with E-state index in [9.17, 15) is 24.0 Å². The molecule has 10 nitrogen and oxygen atoms in total. The number of carbonyl (C=O) groups is 5. The van der Waals surface area contributed by atoms with Crippen LogP contribution < -0.4 is 23.7 Å². The quantitative estimate of drug-likeness (QED) is 0.0897. The standard InChI is InChI=1S/C39H31F3O10/c1-20(2)34(43)48-26-13-10-25(11-14-26)12-19-29-31(39(40,41)42)33(52-37(46)23(7)8)30(24(9)32(29)51-36(45)22(5)6)38(47)50-28-17-15-27(16-18-28)49-35(44)21(3)4/h10-11,13-18H,1,3,5,7H2,2,4,6,8-9H3. The molecule has 0 heterocycles. The molecular weight excluding hydrogens is 685 g/mol. The summed E-state index contributed by atoms with van der Waals surface area (Å²) in [5.41, 5.74) is -4.23. The van der Waals surface area contributed by atoms with E-state index in [0.717, 1.165) is 6.92 Å². The minimum Gasteiger partial charge on any atom is -0.423 e. The van der Waals surface area contributed by atoms with E-state index in [2.05, 4.69) is 38.2 Å². The number of carbonyl (C=O) groups excluding carboxylic acids is 5. The first-order valence-corrected chi connectivity index (χ1v) is 14.9. The van der Waals surface area contributed by atoms with Crippen LogP contribution in [-0.4, -0.2) is 29.8 Å². The summed E-state index contributed by atoms with van der Waals surface area (Å²) < 4.78 is 71.4. The molecule has 52 heavy (non-hydrogen) atoms. The highest BCUT2D eigenvalue weighted by Gasteiger charge is 2.44. The molecule has 0 aliphatic carbocycles. The zero-order chi connectivity index (χ0) is 39.1. The predicted molar refractivity (Wildman–Crippen MR) is 182 cm³/mol. The Bertz CT molecular complexity index is 2090. The molecule has 3 aromatic carbocycles. The van der Waals surface area contributed by atoms with Crippen LogP contribution in [-0.2, 0) is 25.4 Å². The van der Waals surface area contributed by atoms with Gasteiger partial charge in [-0.2, -0.15) is 13.2 Å². The molecule has 3 aromatic rings. The molecule has 0 saturated carbocycles. The van der Waals surface area contributed by atoms with Crippen molar-refractivity contribution in [2.24, 2.45) is 0 Å². The van der Waals surface area contributed by atoms with Gasteiger partial charge in [-0.05, 0) is 83.1 Å². The smallest absolute Gasteiger partial charge is 0.421 e. The van der Waals surface area contributed by atoms with Crippen LogP contribution in [0.1, 0.15) is 60.3 Å². The highest BCUT2D eigenvalue weighted by Crippen LogP contribution is 2.47. The third kappa shape index (κ3) is 9.95. The van der Waals surface area contributed by atoms with Gasteiger partial charge in [0.1, 0.15) is 28.4 Å². The minimum absolute atomic E-state index is 0.0406. The second kappa shape index (κ2) is 16.4. The van der Waals surface area contributed by atoms with E-state index in [0.29, 0.717) is 0 Å². The fraction of sp³-hybridized carbons (Fsp3) is 0.154. The molecule has 0 radical (unpaired) electrons. The second-order valence-electron chi connectivity index (χ2n) is 11.2. The summed E-state index contributed by atoms with van der Waals surface area (Å²) >= 11 is 0. The SMILES string of the molecule is C=C(C)C(=O)Oc1ccc(C#Cc2c(OC(=O)C(=C)C)c(C)c(C(=O)Oc3ccc(OC(=O)C(=C)C)cc3)c(OC(=O)C(=C)C)c2C(F)(F)F)cc1. The average Bonchev–Trinajstić information content (AvgIpc) is 3.05. The number of ether oxygens (including phenoxy) is 5. The molecule has 0 spiro atoms. The van der Waals surface area contributed by atoms with Crippen LogP contribution in [0.2, 0.25) is 0 Å². The molecule has 13 heteroatoms. The van der Waals surface area contributed by atoms with E-state index in [1.165, 1.54) is 76.2 Å². The van der Waals surface area contributed by atoms with Crippen molar-refractivity contribution < 1.29 is 60.8 Å². The van der Waals surface area contributed by atoms with Crippen LogP contribution in [0.3, 0.4) is 0 Å². The second-order valence-corrected chi connectivity index (χ2v) is 11.2. The van der Waals surface area contributed by atoms with Gasteiger partial charge in [0.05, 0.1) is 5.56 Å². The van der Waals surface area contributed by atoms with Crippen LogP contribution in [0.5, 0.6) is 28.7 Å². The van der Waals surface area contributed by atoms with E-state index >= 15 is 13.2 Å². The maximum absolute atomic E-state index is 15.1. The molecule has 0 bridgehead atoms. The summed E-state index contributed by atoms with van der Waals surface area (Å²) in [4.78, 5) is 62.9. The number of hydrogen-bond acceptors (Lipinski definition) is 10. The van der Waals surface area contributed by atoms with Crippen molar-refractivity contribution in [3.63, 3.8) is 0 Å². The van der Waals surface area contributed by atoms with Crippen LogP contribution in [0.25, 0.3) is 0 Å². The van der Waals surface area contributed by atoms with Gasteiger partial charge in [-0.15, -0.1) is 0 Å². The number of rotatable bonds is 10. The lowest BCUT2D eigenvalue weighted by Gasteiger charge is -2.22. The third-order valence-corrected chi connectivity index (χ3v) is 6.56. The Kier molecular flexibility index (Phi) is 12.5. The van der Waals surface area contributed by atoms with Crippen molar-refractivity contribution in [3.8, 4) is 40.6 Å². The van der Waals surface area contributed by atoms with E-state index in [4.69, 9.17) is 23.7 Å². The molecule has 0 N–H and O–H groups in total. The van der Waals surface area contributed by atoms with Crippen LogP contribution in [0.4, 0.5) is 13.2 Å². The molecule has 0 unspecified atom stereocenters. The monoisotopic (exact) mass is 716 g/mol. The fourth-order valence-corrected chi connectivity index (χ4v) is 3.91. The molecule has 0 aliphatic rings. The lowest BCUT2D eigenvalue weighted by molar-refractivity contribution is -0.142. The van der Waals surface area contributed by atoms with Crippen molar-refractivity contribution >= 4 is 29.8 Å². The molecular formula is C39H31F3O10. The van der Waals surface area contributed by atoms with E-state index < -0.39 is 69.8 Å². The topological polar surface area (TPSA) is 132 Å². The minimum atomic E-state index is -5.39.